The van der Waals surface area contributed by atoms with Crippen LogP contribution in [0.3, 0.4) is 0 Å². The lowest BCUT2D eigenvalue weighted by Crippen LogP contribution is -3.11. The van der Waals surface area contributed by atoms with Crippen molar-refractivity contribution in [3.8, 4) is 0 Å². The number of ether oxygens (including phenoxy) is 1. The molecule has 0 atom stereocenters. The predicted molar refractivity (Wildman–Crippen MR) is 102 cm³/mol. The first kappa shape index (κ1) is 17.1. The van der Waals surface area contributed by atoms with E-state index in [9.17, 15) is 4.79 Å². The van der Waals surface area contributed by atoms with Crippen molar-refractivity contribution >= 4 is 31.5 Å². The Bertz CT molecular complexity index is 884. The van der Waals surface area contributed by atoms with Crippen molar-refractivity contribution in [3.63, 3.8) is 0 Å². The molecule has 3 aromatic rings. The molecule has 4 heteroatoms. The zero-order valence-corrected chi connectivity index (χ0v) is 15.1. The highest BCUT2D eigenvalue weighted by atomic mass is 32.1. The fourth-order valence-corrected chi connectivity index (χ4v) is 4.00. The molecule has 0 aliphatic heterocycles. The molecule has 0 fully saturated rings. The molecule has 0 saturated carbocycles. The van der Waals surface area contributed by atoms with Gasteiger partial charge in [-0.25, -0.2) is 0 Å². The van der Waals surface area contributed by atoms with Crippen molar-refractivity contribution in [2.45, 2.75) is 20.5 Å². The molecule has 0 bridgehead atoms. The number of hydrogen-bond acceptors (Lipinski definition) is 3. The fraction of sp³-hybridized carbons (Fsp3) is 0.350. The third-order valence-electron chi connectivity index (χ3n) is 4.51. The summed E-state index contributed by atoms with van der Waals surface area (Å²) in [5.41, 5.74) is 1.19. The second-order valence-corrected chi connectivity index (χ2v) is 7.10. The number of fused-ring (bicyclic) bond motifs is 2. The van der Waals surface area contributed by atoms with Crippen molar-refractivity contribution in [2.24, 2.45) is 0 Å². The van der Waals surface area contributed by atoms with E-state index in [4.69, 9.17) is 4.74 Å². The van der Waals surface area contributed by atoms with Crippen LogP contribution in [0.5, 0.6) is 0 Å². The molecule has 0 amide bonds. The Morgan fingerprint density at radius 2 is 1.75 bits per heavy atom. The molecule has 0 saturated heterocycles. The number of rotatable bonds is 7. The minimum Gasteiger partial charge on any atom is -0.371 e. The molecule has 2 aromatic carbocycles. The molecule has 24 heavy (non-hydrogen) atoms. The summed E-state index contributed by atoms with van der Waals surface area (Å²) in [5, 5.41) is 1.60. The normalized spacial score (nSPS) is 11.6. The lowest BCUT2D eigenvalue weighted by molar-refractivity contribution is -0.896. The lowest BCUT2D eigenvalue weighted by atomic mass is 10.1. The van der Waals surface area contributed by atoms with E-state index in [0.717, 1.165) is 52.0 Å². The standard InChI is InChI=1S/C20H23NO2S/c1-3-21(4-2)11-12-23-14-15-9-10-19-17(13-15)20(22)16-7-5-6-8-18(16)24-19/h5-10,13H,3-4,11-12,14H2,1-2H3/p+1. The van der Waals surface area contributed by atoms with Crippen LogP contribution < -0.4 is 10.3 Å². The summed E-state index contributed by atoms with van der Waals surface area (Å²) >= 11 is 1.67. The van der Waals surface area contributed by atoms with Crippen LogP contribution in [0, 0.1) is 0 Å². The topological polar surface area (TPSA) is 30.7 Å². The van der Waals surface area contributed by atoms with Gasteiger partial charge in [0.25, 0.3) is 0 Å². The summed E-state index contributed by atoms with van der Waals surface area (Å²) in [7, 11) is 0. The zero-order chi connectivity index (χ0) is 16.9. The van der Waals surface area contributed by atoms with E-state index in [1.807, 2.05) is 36.4 Å². The van der Waals surface area contributed by atoms with E-state index in [0.29, 0.717) is 6.61 Å². The molecule has 1 aromatic heterocycles. The average Bonchev–Trinajstić information content (AvgIpc) is 2.62. The van der Waals surface area contributed by atoms with Gasteiger partial charge in [0.1, 0.15) is 6.54 Å². The van der Waals surface area contributed by atoms with Gasteiger partial charge >= 0.3 is 0 Å². The zero-order valence-electron chi connectivity index (χ0n) is 14.3. The van der Waals surface area contributed by atoms with Gasteiger partial charge in [-0.15, -0.1) is 11.3 Å². The Morgan fingerprint density at radius 3 is 2.54 bits per heavy atom. The molecule has 3 rings (SSSR count). The maximum absolute atomic E-state index is 12.7. The fourth-order valence-electron chi connectivity index (χ4n) is 2.95. The van der Waals surface area contributed by atoms with Gasteiger partial charge in [-0.05, 0) is 43.7 Å². The van der Waals surface area contributed by atoms with Gasteiger partial charge in [-0.2, -0.15) is 0 Å². The molecular formula is C20H24NO2S+. The molecule has 1 heterocycles. The lowest BCUT2D eigenvalue weighted by Gasteiger charge is -2.15. The largest absolute Gasteiger partial charge is 0.371 e. The number of hydrogen-bond donors (Lipinski definition) is 1. The van der Waals surface area contributed by atoms with Crippen molar-refractivity contribution in [1.29, 1.82) is 0 Å². The maximum atomic E-state index is 12.7. The first-order chi connectivity index (χ1) is 11.7. The van der Waals surface area contributed by atoms with E-state index in [2.05, 4.69) is 19.9 Å². The van der Waals surface area contributed by atoms with Gasteiger partial charge in [0.2, 0.25) is 0 Å². The molecule has 0 radical (unpaired) electrons. The molecule has 126 valence electrons. The second kappa shape index (κ2) is 7.88. The summed E-state index contributed by atoms with van der Waals surface area (Å²) in [6.07, 6.45) is 0. The number of benzene rings is 2. The number of quaternary nitrogens is 1. The van der Waals surface area contributed by atoms with Crippen LogP contribution in [0.15, 0.2) is 47.3 Å². The summed E-state index contributed by atoms with van der Waals surface area (Å²) in [6.45, 7) is 8.99. The third-order valence-corrected chi connectivity index (χ3v) is 5.66. The summed E-state index contributed by atoms with van der Waals surface area (Å²) in [4.78, 5) is 14.2. The molecule has 0 spiro atoms. The van der Waals surface area contributed by atoms with E-state index in [1.54, 1.807) is 16.2 Å². The van der Waals surface area contributed by atoms with Crippen LogP contribution in [-0.4, -0.2) is 26.2 Å². The number of nitrogens with one attached hydrogen (secondary N) is 1. The molecule has 3 nitrogen and oxygen atoms in total. The highest BCUT2D eigenvalue weighted by Gasteiger charge is 2.07. The summed E-state index contributed by atoms with van der Waals surface area (Å²) in [6, 6.07) is 13.9. The molecule has 0 aliphatic rings. The Hall–Kier alpha value is -1.75. The highest BCUT2D eigenvalue weighted by molar-refractivity contribution is 7.24. The third kappa shape index (κ3) is 3.66. The quantitative estimate of drug-likeness (QED) is 0.529. The first-order valence-corrected chi connectivity index (χ1v) is 9.40. The SMILES string of the molecule is CC[NH+](CC)CCOCc1ccc2sc3ccccc3c(=O)c2c1. The Labute approximate surface area is 146 Å². The minimum absolute atomic E-state index is 0.119. The Morgan fingerprint density at radius 1 is 1.00 bits per heavy atom. The smallest absolute Gasteiger partial charge is 0.195 e. The van der Waals surface area contributed by atoms with Crippen LogP contribution in [0.2, 0.25) is 0 Å². The van der Waals surface area contributed by atoms with Crippen LogP contribution in [-0.2, 0) is 11.3 Å². The van der Waals surface area contributed by atoms with Crippen molar-refractivity contribution in [3.05, 3.63) is 58.3 Å². The van der Waals surface area contributed by atoms with Crippen LogP contribution in [0.25, 0.3) is 20.2 Å². The second-order valence-electron chi connectivity index (χ2n) is 6.02. The molecule has 1 N–H and O–H groups in total. The van der Waals surface area contributed by atoms with Crippen molar-refractivity contribution < 1.29 is 9.64 Å². The van der Waals surface area contributed by atoms with E-state index in [-0.39, 0.29) is 5.43 Å². The van der Waals surface area contributed by atoms with E-state index in [1.165, 1.54) is 0 Å². The predicted octanol–water partition coefficient (Wildman–Crippen LogP) is 2.86. The molecule has 0 unspecified atom stereocenters. The van der Waals surface area contributed by atoms with Gasteiger partial charge < -0.3 is 9.64 Å². The molecular weight excluding hydrogens is 318 g/mol. The van der Waals surface area contributed by atoms with Crippen LogP contribution in [0.4, 0.5) is 0 Å². The van der Waals surface area contributed by atoms with E-state index >= 15 is 0 Å². The van der Waals surface area contributed by atoms with Crippen molar-refractivity contribution in [2.75, 3.05) is 26.2 Å². The van der Waals surface area contributed by atoms with Gasteiger partial charge in [0, 0.05) is 20.2 Å². The molecule has 0 aliphatic carbocycles. The van der Waals surface area contributed by atoms with Crippen LogP contribution >= 0.6 is 11.3 Å². The number of likely N-dealkylation sites (N-methyl/N-ethyl adjacent to an activating group) is 1. The Balaban J connectivity index is 1.77. The van der Waals surface area contributed by atoms with Gasteiger partial charge in [0.05, 0.1) is 26.3 Å². The summed E-state index contributed by atoms with van der Waals surface area (Å²) in [5.74, 6) is 0. The van der Waals surface area contributed by atoms with Crippen LogP contribution in [0.1, 0.15) is 19.4 Å². The maximum Gasteiger partial charge on any atom is 0.195 e. The van der Waals surface area contributed by atoms with E-state index < -0.39 is 0 Å². The monoisotopic (exact) mass is 342 g/mol. The minimum atomic E-state index is 0.119. The Kier molecular flexibility index (Phi) is 5.61. The highest BCUT2D eigenvalue weighted by Crippen LogP contribution is 2.25. The first-order valence-electron chi connectivity index (χ1n) is 8.58. The average molecular weight is 342 g/mol. The van der Waals surface area contributed by atoms with Gasteiger partial charge in [0.15, 0.2) is 5.43 Å². The van der Waals surface area contributed by atoms with Crippen molar-refractivity contribution in [1.82, 2.24) is 0 Å². The van der Waals surface area contributed by atoms with Gasteiger partial charge in [-0.3, -0.25) is 4.79 Å². The van der Waals surface area contributed by atoms with Gasteiger partial charge in [-0.1, -0.05) is 18.2 Å². The summed E-state index contributed by atoms with van der Waals surface area (Å²) < 4.78 is 7.89.